The van der Waals surface area contributed by atoms with E-state index in [4.69, 9.17) is 16.3 Å². The first-order valence-corrected chi connectivity index (χ1v) is 9.05. The summed E-state index contributed by atoms with van der Waals surface area (Å²) < 4.78 is 7.14. The van der Waals surface area contributed by atoms with Crippen LogP contribution in [0.1, 0.15) is 11.1 Å². The molecule has 0 bridgehead atoms. The number of allylic oxidation sites excluding steroid dienone is 1. The number of rotatable bonds is 6. The number of hydrogen-bond acceptors (Lipinski definition) is 4. The number of fused-ring (bicyclic) bond motifs is 1. The van der Waals surface area contributed by atoms with E-state index in [-0.39, 0.29) is 18.2 Å². The molecule has 0 aliphatic rings. The summed E-state index contributed by atoms with van der Waals surface area (Å²) in [6, 6.07) is 10.9. The molecule has 7 heteroatoms. The van der Waals surface area contributed by atoms with E-state index in [1.807, 2.05) is 38.1 Å². The van der Waals surface area contributed by atoms with Crippen LogP contribution in [0.4, 0.5) is 5.69 Å². The van der Waals surface area contributed by atoms with Crippen LogP contribution in [0.2, 0.25) is 5.02 Å². The Morgan fingerprint density at radius 3 is 2.64 bits per heavy atom. The molecule has 1 aromatic heterocycles. The number of aryl methyl sites for hydroxylation is 2. The number of azo groups is 1. The molecule has 0 aliphatic carbocycles. The molecule has 0 saturated heterocycles. The van der Waals surface area contributed by atoms with Gasteiger partial charge in [0.1, 0.15) is 5.75 Å². The fraction of sp³-hybridized carbons (Fsp3) is 0.190. The lowest BCUT2D eigenvalue weighted by molar-refractivity contribution is -0.120. The lowest BCUT2D eigenvalue weighted by Gasteiger charge is -2.08. The Labute approximate surface area is 167 Å². The Morgan fingerprint density at radius 2 is 1.96 bits per heavy atom. The van der Waals surface area contributed by atoms with Gasteiger partial charge in [0, 0.05) is 17.0 Å². The first-order chi connectivity index (χ1) is 13.4. The summed E-state index contributed by atoms with van der Waals surface area (Å²) in [7, 11) is 0. The smallest absolute Gasteiger partial charge is 0.302 e. The zero-order chi connectivity index (χ0) is 20.3. The van der Waals surface area contributed by atoms with E-state index in [1.165, 1.54) is 0 Å². The number of hydrogen-bond donors (Lipinski definition) is 1. The zero-order valence-electron chi connectivity index (χ0n) is 15.6. The third-order valence-corrected chi connectivity index (χ3v) is 4.86. The molecule has 0 aliphatic heterocycles. The van der Waals surface area contributed by atoms with Crippen LogP contribution in [0.25, 0.3) is 10.9 Å². The zero-order valence-corrected chi connectivity index (χ0v) is 16.4. The number of ether oxygens (including phenoxy) is 1. The second-order valence-electron chi connectivity index (χ2n) is 6.34. The molecule has 0 unspecified atom stereocenters. The van der Waals surface area contributed by atoms with Gasteiger partial charge in [0.05, 0.1) is 5.52 Å². The van der Waals surface area contributed by atoms with Crippen molar-refractivity contribution in [3.63, 3.8) is 0 Å². The van der Waals surface area contributed by atoms with Gasteiger partial charge in [-0.05, 0) is 43.2 Å². The van der Waals surface area contributed by atoms with Crippen LogP contribution < -0.4 is 4.74 Å². The van der Waals surface area contributed by atoms with Gasteiger partial charge in [0.2, 0.25) is 5.88 Å². The van der Waals surface area contributed by atoms with E-state index in [0.717, 1.165) is 16.6 Å². The molecule has 1 N–H and O–H groups in total. The Bertz CT molecular complexity index is 1060. The first kappa shape index (κ1) is 19.6. The molecule has 28 heavy (non-hydrogen) atoms. The number of benzene rings is 2. The second-order valence-corrected chi connectivity index (χ2v) is 6.72. The van der Waals surface area contributed by atoms with E-state index >= 15 is 0 Å². The van der Waals surface area contributed by atoms with E-state index in [2.05, 4.69) is 16.8 Å². The van der Waals surface area contributed by atoms with Gasteiger partial charge in [-0.2, -0.15) is 0 Å². The van der Waals surface area contributed by atoms with Gasteiger partial charge in [-0.25, -0.2) is 0 Å². The van der Waals surface area contributed by atoms with Crippen LogP contribution in [0, 0.1) is 13.8 Å². The van der Waals surface area contributed by atoms with Crippen molar-refractivity contribution in [2.45, 2.75) is 20.4 Å². The summed E-state index contributed by atoms with van der Waals surface area (Å²) in [5, 5.41) is 19.5. The fourth-order valence-electron chi connectivity index (χ4n) is 2.95. The molecule has 1 amide bonds. The van der Waals surface area contributed by atoms with Crippen LogP contribution >= 0.6 is 11.6 Å². The molecular formula is C21H20ClN3O3. The predicted octanol–water partition coefficient (Wildman–Crippen LogP) is 5.49. The van der Waals surface area contributed by atoms with Crippen molar-refractivity contribution in [2.24, 2.45) is 10.2 Å². The Hall–Kier alpha value is -3.12. The maximum atomic E-state index is 12.1. The van der Waals surface area contributed by atoms with Gasteiger partial charge in [0.15, 0.2) is 12.3 Å². The summed E-state index contributed by atoms with van der Waals surface area (Å²) in [4.78, 5) is 12.1. The molecule has 6 nitrogen and oxygen atoms in total. The van der Waals surface area contributed by atoms with Crippen molar-refractivity contribution in [1.29, 1.82) is 0 Å². The fourth-order valence-corrected chi connectivity index (χ4v) is 3.06. The van der Waals surface area contributed by atoms with E-state index in [9.17, 15) is 9.90 Å². The average Bonchev–Trinajstić information content (AvgIpc) is 2.94. The number of halogens is 1. The summed E-state index contributed by atoms with van der Waals surface area (Å²) in [6.07, 6.45) is 1.67. The standard InChI is InChI=1S/C21H20ClN3O3/c1-4-9-25-17-8-6-5-7-16(17)20(21(25)27)24-23-18(26)12-28-15-10-13(2)19(22)14(3)11-15/h4-8,10-11,27H,1,9,12H2,2-3H3. The molecule has 0 fully saturated rings. The Balaban J connectivity index is 1.78. The highest BCUT2D eigenvalue weighted by Crippen LogP contribution is 2.38. The maximum Gasteiger partial charge on any atom is 0.302 e. The highest BCUT2D eigenvalue weighted by molar-refractivity contribution is 6.32. The minimum Gasteiger partial charge on any atom is -0.493 e. The molecule has 1 heterocycles. The number of aromatic nitrogens is 1. The highest BCUT2D eigenvalue weighted by atomic mass is 35.5. The molecule has 144 valence electrons. The number of nitrogens with zero attached hydrogens (tertiary/aromatic N) is 3. The van der Waals surface area contributed by atoms with E-state index < -0.39 is 5.91 Å². The lowest BCUT2D eigenvalue weighted by Crippen LogP contribution is -2.08. The number of para-hydroxylation sites is 1. The maximum absolute atomic E-state index is 12.1. The number of carbonyl (C=O) groups excluding carboxylic acids is 1. The van der Waals surface area contributed by atoms with Gasteiger partial charge in [-0.1, -0.05) is 35.9 Å². The molecule has 0 atom stereocenters. The van der Waals surface area contributed by atoms with Crippen LogP contribution in [0.5, 0.6) is 11.6 Å². The summed E-state index contributed by atoms with van der Waals surface area (Å²) >= 11 is 6.13. The van der Waals surface area contributed by atoms with Crippen molar-refractivity contribution in [3.05, 3.63) is 65.2 Å². The van der Waals surface area contributed by atoms with E-state index in [1.54, 1.807) is 22.8 Å². The minimum absolute atomic E-state index is 0.0671. The van der Waals surface area contributed by atoms with Gasteiger partial charge >= 0.3 is 5.91 Å². The highest BCUT2D eigenvalue weighted by Gasteiger charge is 2.16. The van der Waals surface area contributed by atoms with Gasteiger partial charge < -0.3 is 14.4 Å². The van der Waals surface area contributed by atoms with Crippen molar-refractivity contribution in [2.75, 3.05) is 6.61 Å². The largest absolute Gasteiger partial charge is 0.493 e. The molecular weight excluding hydrogens is 378 g/mol. The lowest BCUT2D eigenvalue weighted by atomic mass is 10.1. The third-order valence-electron chi connectivity index (χ3n) is 4.26. The second kappa shape index (κ2) is 8.27. The normalized spacial score (nSPS) is 11.2. The Morgan fingerprint density at radius 1 is 1.29 bits per heavy atom. The SMILES string of the molecule is C=CCn1c(O)c(N=NC(=O)COc2cc(C)c(Cl)c(C)c2)c2ccccc21. The minimum atomic E-state index is -0.565. The molecule has 0 radical (unpaired) electrons. The summed E-state index contributed by atoms with van der Waals surface area (Å²) in [5.74, 6) is -0.0962. The molecule has 0 spiro atoms. The monoisotopic (exact) mass is 397 g/mol. The number of aromatic hydroxyl groups is 1. The third kappa shape index (κ3) is 3.92. The predicted molar refractivity (Wildman–Crippen MR) is 110 cm³/mol. The van der Waals surface area contributed by atoms with Gasteiger partial charge in [-0.15, -0.1) is 16.8 Å². The van der Waals surface area contributed by atoms with Crippen LogP contribution in [-0.4, -0.2) is 22.2 Å². The molecule has 3 rings (SSSR count). The quantitative estimate of drug-likeness (QED) is 0.441. The van der Waals surface area contributed by atoms with Crippen molar-refractivity contribution in [1.82, 2.24) is 4.57 Å². The molecule has 3 aromatic rings. The molecule has 0 saturated carbocycles. The van der Waals surface area contributed by atoms with Crippen LogP contribution in [-0.2, 0) is 11.3 Å². The Kier molecular flexibility index (Phi) is 5.80. The number of carbonyl (C=O) groups is 1. The van der Waals surface area contributed by atoms with E-state index in [0.29, 0.717) is 22.7 Å². The average molecular weight is 398 g/mol. The topological polar surface area (TPSA) is 76.2 Å². The van der Waals surface area contributed by atoms with Gasteiger partial charge in [0.25, 0.3) is 0 Å². The van der Waals surface area contributed by atoms with Crippen molar-refractivity contribution >= 4 is 34.1 Å². The summed E-state index contributed by atoms with van der Waals surface area (Å²) in [5.41, 5.74) is 2.75. The van der Waals surface area contributed by atoms with Crippen molar-refractivity contribution < 1.29 is 14.6 Å². The first-order valence-electron chi connectivity index (χ1n) is 8.67. The summed E-state index contributed by atoms with van der Waals surface area (Å²) in [6.45, 7) is 7.57. The number of amides is 1. The van der Waals surface area contributed by atoms with Crippen LogP contribution in [0.15, 0.2) is 59.3 Å². The van der Waals surface area contributed by atoms with Gasteiger partial charge in [-0.3, -0.25) is 4.79 Å². The molecule has 2 aromatic carbocycles. The van der Waals surface area contributed by atoms with Crippen LogP contribution in [0.3, 0.4) is 0 Å². The van der Waals surface area contributed by atoms with Crippen molar-refractivity contribution in [3.8, 4) is 11.6 Å².